The van der Waals surface area contributed by atoms with Crippen molar-refractivity contribution in [2.24, 2.45) is 5.41 Å². The Morgan fingerprint density at radius 2 is 1.81 bits per heavy atom. The Morgan fingerprint density at radius 1 is 1.19 bits per heavy atom. The van der Waals surface area contributed by atoms with Gasteiger partial charge in [0.1, 0.15) is 0 Å². The summed E-state index contributed by atoms with van der Waals surface area (Å²) in [5, 5.41) is 16.5. The van der Waals surface area contributed by atoms with Gasteiger partial charge in [-0.25, -0.2) is 0 Å². The maximum atomic E-state index is 9.37. The van der Waals surface area contributed by atoms with Crippen LogP contribution in [0.2, 0.25) is 0 Å². The summed E-state index contributed by atoms with van der Waals surface area (Å²) in [7, 11) is 0. The lowest BCUT2D eigenvalue weighted by molar-refractivity contribution is -0.136. The van der Waals surface area contributed by atoms with Gasteiger partial charge < -0.3 is 10.2 Å². The van der Waals surface area contributed by atoms with Crippen LogP contribution >= 0.6 is 0 Å². The predicted octanol–water partition coefficient (Wildman–Crippen LogP) is 5.99. The fourth-order valence-corrected chi connectivity index (χ4v) is 2.84. The van der Waals surface area contributed by atoms with Crippen LogP contribution in [-0.2, 0) is 4.79 Å². The standard InChI is InChI=1S/C20H30O.C3H6O2/c1-16(8-6-9-17(2)13-15-21)11-12-19-18(3)10-7-14-20(19,4)5;1-2-3(4)5/h6,8-9,11-13,21H,7,10,14-15H2,1-5H3;2H2,1H3,(H,4,5). The SMILES string of the molecule is CC(C=CC1=C(C)CCCC1(C)C)=CC=CC(C)=CCO.CCC(=O)O. The van der Waals surface area contributed by atoms with Gasteiger partial charge in [0.2, 0.25) is 0 Å². The average Bonchev–Trinajstić information content (AvgIpc) is 2.54. The largest absolute Gasteiger partial charge is 0.481 e. The molecule has 0 spiro atoms. The lowest BCUT2D eigenvalue weighted by atomic mass is 9.72. The summed E-state index contributed by atoms with van der Waals surface area (Å²) in [6, 6.07) is 0. The average molecular weight is 361 g/mol. The van der Waals surface area contributed by atoms with E-state index in [2.05, 4.69) is 45.9 Å². The summed E-state index contributed by atoms with van der Waals surface area (Å²) in [6.07, 6.45) is 16.5. The van der Waals surface area contributed by atoms with Crippen LogP contribution in [0.4, 0.5) is 0 Å². The molecule has 2 N–H and O–H groups in total. The minimum absolute atomic E-state index is 0.0985. The Bertz CT molecular complexity index is 599. The third-order valence-electron chi connectivity index (χ3n) is 4.49. The molecule has 0 radical (unpaired) electrons. The van der Waals surface area contributed by atoms with Crippen molar-refractivity contribution in [3.63, 3.8) is 0 Å². The highest BCUT2D eigenvalue weighted by molar-refractivity contribution is 5.66. The summed E-state index contributed by atoms with van der Waals surface area (Å²) in [5.74, 6) is -0.745. The second-order valence-electron chi connectivity index (χ2n) is 7.41. The summed E-state index contributed by atoms with van der Waals surface area (Å²) in [4.78, 5) is 9.37. The number of aliphatic carboxylic acids is 1. The fourth-order valence-electron chi connectivity index (χ4n) is 2.84. The molecule has 1 rings (SSSR count). The Hall–Kier alpha value is -1.87. The molecular weight excluding hydrogens is 324 g/mol. The van der Waals surface area contributed by atoms with Crippen molar-refractivity contribution in [3.05, 3.63) is 58.7 Å². The van der Waals surface area contributed by atoms with Gasteiger partial charge in [0, 0.05) is 6.42 Å². The second kappa shape index (κ2) is 12.5. The van der Waals surface area contributed by atoms with Crippen molar-refractivity contribution in [2.45, 2.75) is 67.2 Å². The molecule has 0 aromatic rings. The van der Waals surface area contributed by atoms with E-state index in [4.69, 9.17) is 10.2 Å². The highest BCUT2D eigenvalue weighted by atomic mass is 16.4. The number of carbonyl (C=O) groups is 1. The minimum atomic E-state index is -0.745. The fraction of sp³-hybridized carbons (Fsp3) is 0.522. The molecule has 26 heavy (non-hydrogen) atoms. The lowest BCUT2D eigenvalue weighted by Gasteiger charge is -2.32. The van der Waals surface area contributed by atoms with Crippen molar-refractivity contribution >= 4 is 5.97 Å². The molecule has 0 atom stereocenters. The third-order valence-corrected chi connectivity index (χ3v) is 4.49. The first-order valence-electron chi connectivity index (χ1n) is 9.36. The smallest absolute Gasteiger partial charge is 0.303 e. The Labute approximate surface area is 159 Å². The first kappa shape index (κ1) is 24.1. The maximum absolute atomic E-state index is 9.37. The molecule has 0 aromatic carbocycles. The molecule has 1 aliphatic carbocycles. The van der Waals surface area contributed by atoms with Gasteiger partial charge in [-0.05, 0) is 51.0 Å². The van der Waals surface area contributed by atoms with Crippen molar-refractivity contribution in [2.75, 3.05) is 6.61 Å². The normalized spacial score (nSPS) is 18.3. The molecule has 0 bridgehead atoms. The lowest BCUT2D eigenvalue weighted by Crippen LogP contribution is -2.19. The predicted molar refractivity (Wildman–Crippen MR) is 111 cm³/mol. The van der Waals surface area contributed by atoms with E-state index in [-0.39, 0.29) is 13.0 Å². The van der Waals surface area contributed by atoms with Gasteiger partial charge in [-0.1, -0.05) is 73.9 Å². The van der Waals surface area contributed by atoms with Gasteiger partial charge in [-0.2, -0.15) is 0 Å². The Balaban J connectivity index is 0.00000110. The van der Waals surface area contributed by atoms with Crippen molar-refractivity contribution < 1.29 is 15.0 Å². The van der Waals surface area contributed by atoms with Gasteiger partial charge in [0.15, 0.2) is 0 Å². The molecule has 0 saturated heterocycles. The number of carboxylic acid groups (broad SMARTS) is 1. The number of aliphatic hydroxyl groups excluding tert-OH is 1. The van der Waals surface area contributed by atoms with Crippen LogP contribution in [0.3, 0.4) is 0 Å². The zero-order chi connectivity index (χ0) is 20.2. The number of hydrogen-bond donors (Lipinski definition) is 2. The minimum Gasteiger partial charge on any atom is -0.481 e. The molecule has 3 heteroatoms. The molecular formula is C23H36O3. The molecule has 0 fully saturated rings. The molecule has 0 aromatic heterocycles. The van der Waals surface area contributed by atoms with Crippen LogP contribution in [0.25, 0.3) is 0 Å². The molecule has 146 valence electrons. The monoisotopic (exact) mass is 360 g/mol. The second-order valence-corrected chi connectivity index (χ2v) is 7.41. The third kappa shape index (κ3) is 10.2. The van der Waals surface area contributed by atoms with Crippen LogP contribution in [0.15, 0.2) is 58.7 Å². The van der Waals surface area contributed by atoms with E-state index in [0.717, 1.165) is 5.57 Å². The maximum Gasteiger partial charge on any atom is 0.303 e. The van der Waals surface area contributed by atoms with Crippen molar-refractivity contribution in [1.29, 1.82) is 0 Å². The van der Waals surface area contributed by atoms with E-state index >= 15 is 0 Å². The van der Waals surface area contributed by atoms with Crippen molar-refractivity contribution in [3.8, 4) is 0 Å². The van der Waals surface area contributed by atoms with E-state index in [1.165, 1.54) is 36.0 Å². The molecule has 1 aliphatic rings. The van der Waals surface area contributed by atoms with Crippen LogP contribution in [0.1, 0.15) is 67.2 Å². The van der Waals surface area contributed by atoms with Gasteiger partial charge in [-0.3, -0.25) is 4.79 Å². The summed E-state index contributed by atoms with van der Waals surface area (Å²) < 4.78 is 0. The van der Waals surface area contributed by atoms with E-state index in [1.807, 2.05) is 19.1 Å². The van der Waals surface area contributed by atoms with E-state index < -0.39 is 5.97 Å². The Morgan fingerprint density at radius 3 is 2.31 bits per heavy atom. The Kier molecular flexibility index (Phi) is 11.6. The zero-order valence-electron chi connectivity index (χ0n) is 17.3. The van der Waals surface area contributed by atoms with E-state index in [9.17, 15) is 4.79 Å². The van der Waals surface area contributed by atoms with Crippen LogP contribution in [0.5, 0.6) is 0 Å². The van der Waals surface area contributed by atoms with Crippen LogP contribution in [-0.4, -0.2) is 22.8 Å². The number of allylic oxidation sites excluding steroid dienone is 9. The number of aliphatic hydroxyl groups is 1. The molecule has 0 heterocycles. The highest BCUT2D eigenvalue weighted by Gasteiger charge is 2.26. The van der Waals surface area contributed by atoms with Crippen LogP contribution in [0, 0.1) is 5.41 Å². The number of rotatable bonds is 6. The highest BCUT2D eigenvalue weighted by Crippen LogP contribution is 2.40. The van der Waals surface area contributed by atoms with Crippen LogP contribution < -0.4 is 0 Å². The molecule has 0 aliphatic heterocycles. The van der Waals surface area contributed by atoms with Gasteiger partial charge in [0.05, 0.1) is 6.61 Å². The quantitative estimate of drug-likeness (QED) is 0.572. The van der Waals surface area contributed by atoms with E-state index in [1.54, 1.807) is 13.0 Å². The molecule has 0 unspecified atom stereocenters. The number of hydrogen-bond acceptors (Lipinski definition) is 2. The first-order valence-corrected chi connectivity index (χ1v) is 9.36. The molecule has 0 saturated carbocycles. The zero-order valence-corrected chi connectivity index (χ0v) is 17.3. The first-order chi connectivity index (χ1) is 12.1. The van der Waals surface area contributed by atoms with E-state index in [0.29, 0.717) is 5.41 Å². The van der Waals surface area contributed by atoms with Gasteiger partial charge in [-0.15, -0.1) is 0 Å². The van der Waals surface area contributed by atoms with Crippen molar-refractivity contribution in [1.82, 2.24) is 0 Å². The number of carboxylic acids is 1. The topological polar surface area (TPSA) is 57.5 Å². The summed E-state index contributed by atoms with van der Waals surface area (Å²) in [6.45, 7) is 12.8. The van der Waals surface area contributed by atoms with Gasteiger partial charge in [0.25, 0.3) is 0 Å². The van der Waals surface area contributed by atoms with Gasteiger partial charge >= 0.3 is 5.97 Å². The molecule has 3 nitrogen and oxygen atoms in total. The molecule has 0 amide bonds. The summed E-state index contributed by atoms with van der Waals surface area (Å²) >= 11 is 0. The summed E-state index contributed by atoms with van der Waals surface area (Å²) in [5.41, 5.74) is 5.66.